The number of amides is 1. The summed E-state index contributed by atoms with van der Waals surface area (Å²) in [4.78, 5) is 14.6. The van der Waals surface area contributed by atoms with Gasteiger partial charge in [0.25, 0.3) is 0 Å². The Bertz CT molecular complexity index is 513. The zero-order valence-electron chi connectivity index (χ0n) is 13.6. The number of hydrogen-bond donors (Lipinski definition) is 1. The maximum absolute atomic E-state index is 12.4. The molecule has 1 amide bonds. The summed E-state index contributed by atoms with van der Waals surface area (Å²) in [6, 6.07) is 2.37. The molecule has 1 N–H and O–H groups in total. The number of morpholine rings is 1. The number of carbonyl (C=O) groups is 1. The molecule has 1 aromatic rings. The van der Waals surface area contributed by atoms with Crippen molar-refractivity contribution < 1.29 is 9.53 Å². The zero-order chi connectivity index (χ0) is 15.6. The van der Waals surface area contributed by atoms with Gasteiger partial charge in [-0.05, 0) is 43.6 Å². The molecule has 126 valence electrons. The van der Waals surface area contributed by atoms with Gasteiger partial charge in [-0.25, -0.2) is 0 Å². The van der Waals surface area contributed by atoms with E-state index in [0.717, 1.165) is 31.5 Å². The molecule has 4 rings (SSSR count). The van der Waals surface area contributed by atoms with Gasteiger partial charge in [0.1, 0.15) is 0 Å². The van der Waals surface area contributed by atoms with Crippen molar-refractivity contribution in [3.05, 3.63) is 18.5 Å². The Labute approximate surface area is 137 Å². The van der Waals surface area contributed by atoms with Crippen molar-refractivity contribution in [3.63, 3.8) is 0 Å². The molecule has 1 atom stereocenters. The largest absolute Gasteiger partial charge is 0.374 e. The molecule has 3 fully saturated rings. The summed E-state index contributed by atoms with van der Waals surface area (Å²) >= 11 is 0. The van der Waals surface area contributed by atoms with E-state index in [0.29, 0.717) is 19.2 Å². The fourth-order valence-corrected chi connectivity index (χ4v) is 3.62. The van der Waals surface area contributed by atoms with Crippen LogP contribution in [0, 0.1) is 11.8 Å². The van der Waals surface area contributed by atoms with Crippen molar-refractivity contribution in [1.82, 2.24) is 20.0 Å². The smallest absolute Gasteiger partial charge is 0.234 e. The van der Waals surface area contributed by atoms with Gasteiger partial charge in [-0.3, -0.25) is 14.4 Å². The summed E-state index contributed by atoms with van der Waals surface area (Å²) in [5.74, 6) is 1.70. The molecule has 2 heterocycles. The van der Waals surface area contributed by atoms with E-state index in [-0.39, 0.29) is 12.0 Å². The first-order valence-corrected chi connectivity index (χ1v) is 8.88. The van der Waals surface area contributed by atoms with Crippen LogP contribution in [0.2, 0.25) is 0 Å². The first-order valence-electron chi connectivity index (χ1n) is 8.88. The first kappa shape index (κ1) is 15.1. The second-order valence-corrected chi connectivity index (χ2v) is 7.22. The normalized spacial score (nSPS) is 25.7. The van der Waals surface area contributed by atoms with Crippen LogP contribution in [0.15, 0.2) is 18.5 Å². The Morgan fingerprint density at radius 1 is 1.30 bits per heavy atom. The minimum Gasteiger partial charge on any atom is -0.374 e. The van der Waals surface area contributed by atoms with Gasteiger partial charge in [0, 0.05) is 31.5 Å². The maximum atomic E-state index is 12.4. The average Bonchev–Trinajstić information content (AvgIpc) is 3.46. The molecule has 6 nitrogen and oxygen atoms in total. The van der Waals surface area contributed by atoms with Crippen LogP contribution < -0.4 is 5.32 Å². The Morgan fingerprint density at radius 2 is 2.09 bits per heavy atom. The van der Waals surface area contributed by atoms with E-state index in [9.17, 15) is 4.79 Å². The Kier molecular flexibility index (Phi) is 4.35. The van der Waals surface area contributed by atoms with E-state index in [1.165, 1.54) is 25.7 Å². The van der Waals surface area contributed by atoms with Gasteiger partial charge in [0.05, 0.1) is 25.8 Å². The summed E-state index contributed by atoms with van der Waals surface area (Å²) < 4.78 is 7.70. The molecular formula is C17H26N4O2. The monoisotopic (exact) mass is 318 g/mol. The van der Waals surface area contributed by atoms with Crippen LogP contribution in [0.1, 0.15) is 25.7 Å². The van der Waals surface area contributed by atoms with E-state index in [1.54, 1.807) is 6.20 Å². The van der Waals surface area contributed by atoms with Gasteiger partial charge >= 0.3 is 0 Å². The predicted molar refractivity (Wildman–Crippen MR) is 85.8 cm³/mol. The lowest BCUT2D eigenvalue weighted by Crippen LogP contribution is -2.50. The van der Waals surface area contributed by atoms with Gasteiger partial charge in [0.2, 0.25) is 5.91 Å². The van der Waals surface area contributed by atoms with Crippen molar-refractivity contribution in [2.75, 3.05) is 26.2 Å². The minimum atomic E-state index is 0.110. The van der Waals surface area contributed by atoms with Crippen LogP contribution in [0.3, 0.4) is 0 Å². The lowest BCUT2D eigenvalue weighted by Gasteiger charge is -2.32. The number of hydrogen-bond acceptors (Lipinski definition) is 4. The molecule has 0 unspecified atom stereocenters. The molecule has 1 aromatic heterocycles. The number of rotatable bonds is 7. The number of nitrogens with one attached hydrogen (secondary N) is 1. The second kappa shape index (κ2) is 6.61. The van der Waals surface area contributed by atoms with Crippen molar-refractivity contribution in [1.29, 1.82) is 0 Å². The van der Waals surface area contributed by atoms with Crippen LogP contribution in [-0.4, -0.2) is 59.0 Å². The van der Waals surface area contributed by atoms with Gasteiger partial charge in [-0.15, -0.1) is 0 Å². The third-order valence-corrected chi connectivity index (χ3v) is 5.13. The Hall–Kier alpha value is -1.40. The third-order valence-electron chi connectivity index (χ3n) is 5.13. The lowest BCUT2D eigenvalue weighted by atomic mass is 10.1. The third kappa shape index (κ3) is 4.12. The van der Waals surface area contributed by atoms with Crippen LogP contribution in [0.25, 0.3) is 0 Å². The average molecular weight is 318 g/mol. The van der Waals surface area contributed by atoms with Crippen LogP contribution in [0.5, 0.6) is 0 Å². The topological polar surface area (TPSA) is 59.4 Å². The Balaban J connectivity index is 1.25. The molecule has 2 aliphatic carbocycles. The van der Waals surface area contributed by atoms with Gasteiger partial charge in [-0.2, -0.15) is 5.10 Å². The summed E-state index contributed by atoms with van der Waals surface area (Å²) in [6.45, 7) is 3.56. The van der Waals surface area contributed by atoms with E-state index >= 15 is 0 Å². The molecule has 0 bridgehead atoms. The SMILES string of the molecule is O=C(CN1CCO[C@@H](Cn2cccn2)C1)NC(C1CC1)C1CC1. The number of carbonyl (C=O) groups excluding carboxylic acids is 1. The van der Waals surface area contributed by atoms with Crippen LogP contribution in [-0.2, 0) is 16.1 Å². The van der Waals surface area contributed by atoms with E-state index in [1.807, 2.05) is 16.9 Å². The molecule has 6 heteroatoms. The summed E-state index contributed by atoms with van der Waals surface area (Å²) in [5, 5.41) is 7.54. The first-order chi connectivity index (χ1) is 11.3. The van der Waals surface area contributed by atoms with Crippen LogP contribution >= 0.6 is 0 Å². The highest BCUT2D eigenvalue weighted by molar-refractivity contribution is 5.78. The quantitative estimate of drug-likeness (QED) is 0.811. The summed E-state index contributed by atoms with van der Waals surface area (Å²) in [7, 11) is 0. The molecule has 0 aromatic carbocycles. The lowest BCUT2D eigenvalue weighted by molar-refractivity contribution is -0.125. The highest BCUT2D eigenvalue weighted by atomic mass is 16.5. The Morgan fingerprint density at radius 3 is 2.74 bits per heavy atom. The number of aromatic nitrogens is 2. The molecule has 1 aliphatic heterocycles. The zero-order valence-corrected chi connectivity index (χ0v) is 13.6. The van der Waals surface area contributed by atoms with Crippen LogP contribution in [0.4, 0.5) is 0 Å². The molecule has 3 aliphatic rings. The molecule has 1 saturated heterocycles. The minimum absolute atomic E-state index is 0.110. The molecule has 0 radical (unpaired) electrons. The maximum Gasteiger partial charge on any atom is 0.234 e. The van der Waals surface area contributed by atoms with E-state index in [4.69, 9.17) is 4.74 Å². The molecule has 0 spiro atoms. The van der Waals surface area contributed by atoms with Gasteiger partial charge in [-0.1, -0.05) is 0 Å². The molecule has 2 saturated carbocycles. The van der Waals surface area contributed by atoms with Gasteiger partial charge in [0.15, 0.2) is 0 Å². The van der Waals surface area contributed by atoms with Crippen molar-refractivity contribution in [2.24, 2.45) is 11.8 Å². The molecular weight excluding hydrogens is 292 g/mol. The highest BCUT2D eigenvalue weighted by Crippen LogP contribution is 2.44. The van der Waals surface area contributed by atoms with Crippen molar-refractivity contribution in [3.8, 4) is 0 Å². The number of ether oxygens (including phenoxy) is 1. The van der Waals surface area contributed by atoms with Crippen molar-refractivity contribution in [2.45, 2.75) is 44.4 Å². The van der Waals surface area contributed by atoms with Crippen molar-refractivity contribution >= 4 is 5.91 Å². The number of nitrogens with zero attached hydrogens (tertiary/aromatic N) is 3. The van der Waals surface area contributed by atoms with E-state index < -0.39 is 0 Å². The van der Waals surface area contributed by atoms with E-state index in [2.05, 4.69) is 15.3 Å². The highest BCUT2D eigenvalue weighted by Gasteiger charge is 2.42. The summed E-state index contributed by atoms with van der Waals surface area (Å²) in [5.41, 5.74) is 0. The second-order valence-electron chi connectivity index (χ2n) is 7.22. The summed E-state index contributed by atoms with van der Waals surface area (Å²) in [6.07, 6.45) is 9.03. The standard InChI is InChI=1S/C17H26N4O2/c22-16(19-17(13-2-3-13)14-4-5-14)12-20-8-9-23-15(10-20)11-21-7-1-6-18-21/h1,6-7,13-15,17H,2-5,8-12H2,(H,19,22)/t15-/m1/s1. The molecule has 23 heavy (non-hydrogen) atoms. The fourth-order valence-electron chi connectivity index (χ4n) is 3.62. The fraction of sp³-hybridized carbons (Fsp3) is 0.765. The van der Waals surface area contributed by atoms with Gasteiger partial charge < -0.3 is 10.1 Å². The predicted octanol–water partition coefficient (Wildman–Crippen LogP) is 0.889.